The smallest absolute Gasteiger partial charge is 0.127 e. The van der Waals surface area contributed by atoms with E-state index in [-0.39, 0.29) is 0 Å². The molecule has 1 N–H and O–H groups in total. The van der Waals surface area contributed by atoms with Gasteiger partial charge in [-0.1, -0.05) is 0 Å². The van der Waals surface area contributed by atoms with Crippen LogP contribution in [0, 0.1) is 0 Å². The second kappa shape index (κ2) is 3.72. The van der Waals surface area contributed by atoms with Crippen LogP contribution in [0.4, 0.5) is 0 Å². The maximum Gasteiger partial charge on any atom is 0.127 e. The van der Waals surface area contributed by atoms with E-state index in [0.717, 1.165) is 12.4 Å². The van der Waals surface area contributed by atoms with E-state index in [9.17, 15) is 0 Å². The van der Waals surface area contributed by atoms with Crippen molar-refractivity contribution in [3.05, 3.63) is 35.7 Å². The highest BCUT2D eigenvalue weighted by Gasteiger charge is 2.03. The molecule has 0 fully saturated rings. The number of nitrogens with one attached hydrogen (secondary N) is 1. The second-order valence-electron chi connectivity index (χ2n) is 2.70. The highest BCUT2D eigenvalue weighted by molar-refractivity contribution is 7.12. The Balaban J connectivity index is 2.35. The van der Waals surface area contributed by atoms with Crippen LogP contribution in [-0.4, -0.2) is 16.6 Å². The van der Waals surface area contributed by atoms with Gasteiger partial charge in [-0.2, -0.15) is 0 Å². The molecular formula is C9H11N3S. The van der Waals surface area contributed by atoms with Gasteiger partial charge in [-0.05, 0) is 24.6 Å². The first kappa shape index (κ1) is 8.47. The third-order valence-corrected chi connectivity index (χ3v) is 2.66. The van der Waals surface area contributed by atoms with E-state index >= 15 is 0 Å². The Labute approximate surface area is 81.0 Å². The van der Waals surface area contributed by atoms with Crippen LogP contribution in [-0.2, 0) is 6.54 Å². The summed E-state index contributed by atoms with van der Waals surface area (Å²) in [5, 5.41) is 6.37. The van der Waals surface area contributed by atoms with E-state index in [4.69, 9.17) is 0 Å². The molecular weight excluding hydrogens is 182 g/mol. The summed E-state index contributed by atoms with van der Waals surface area (Å²) in [7, 11) is 1.92. The molecule has 4 heteroatoms. The zero-order valence-electron chi connectivity index (χ0n) is 7.40. The Bertz CT molecular complexity index is 364. The van der Waals surface area contributed by atoms with Crippen molar-refractivity contribution in [2.24, 2.45) is 0 Å². The predicted octanol–water partition coefficient (Wildman–Crippen LogP) is 1.65. The van der Waals surface area contributed by atoms with Gasteiger partial charge in [0.1, 0.15) is 10.8 Å². The standard InChI is InChI=1S/C9H11N3S/c1-10-7-8-11-4-5-12(8)9-3-2-6-13-9/h2-6,10H,7H2,1H3. The van der Waals surface area contributed by atoms with E-state index in [0.29, 0.717) is 0 Å². The number of hydrogen-bond donors (Lipinski definition) is 1. The molecule has 3 nitrogen and oxygen atoms in total. The van der Waals surface area contributed by atoms with Gasteiger partial charge in [0.05, 0.1) is 6.54 Å². The van der Waals surface area contributed by atoms with Crippen molar-refractivity contribution in [3.63, 3.8) is 0 Å². The molecule has 2 aromatic heterocycles. The van der Waals surface area contributed by atoms with Gasteiger partial charge in [-0.15, -0.1) is 11.3 Å². The molecule has 68 valence electrons. The molecule has 0 aliphatic heterocycles. The van der Waals surface area contributed by atoms with Crippen molar-refractivity contribution in [1.29, 1.82) is 0 Å². The van der Waals surface area contributed by atoms with Crippen molar-refractivity contribution in [2.45, 2.75) is 6.54 Å². The maximum absolute atomic E-state index is 4.27. The Morgan fingerprint density at radius 2 is 2.54 bits per heavy atom. The summed E-state index contributed by atoms with van der Waals surface area (Å²) in [5.74, 6) is 1.05. The van der Waals surface area contributed by atoms with Gasteiger partial charge in [0.2, 0.25) is 0 Å². The Hall–Kier alpha value is -1.13. The molecule has 2 heterocycles. The van der Waals surface area contributed by atoms with Crippen LogP contribution in [0.3, 0.4) is 0 Å². The largest absolute Gasteiger partial charge is 0.313 e. The number of imidazole rings is 1. The minimum atomic E-state index is 0.797. The van der Waals surface area contributed by atoms with Crippen LogP contribution < -0.4 is 5.32 Å². The molecule has 0 aromatic carbocycles. The normalized spacial score (nSPS) is 10.5. The molecule has 0 atom stereocenters. The molecule has 0 aliphatic carbocycles. The van der Waals surface area contributed by atoms with Crippen molar-refractivity contribution >= 4 is 11.3 Å². The minimum Gasteiger partial charge on any atom is -0.313 e. The summed E-state index contributed by atoms with van der Waals surface area (Å²) >= 11 is 1.72. The lowest BCUT2D eigenvalue weighted by Gasteiger charge is -2.03. The summed E-state index contributed by atoms with van der Waals surface area (Å²) in [5.41, 5.74) is 0. The molecule has 2 aromatic rings. The summed E-state index contributed by atoms with van der Waals surface area (Å²) < 4.78 is 2.10. The topological polar surface area (TPSA) is 29.9 Å². The summed E-state index contributed by atoms with van der Waals surface area (Å²) in [4.78, 5) is 4.27. The highest BCUT2D eigenvalue weighted by Crippen LogP contribution is 2.16. The minimum absolute atomic E-state index is 0.797. The molecule has 0 radical (unpaired) electrons. The van der Waals surface area contributed by atoms with Crippen LogP contribution >= 0.6 is 11.3 Å². The first-order chi connectivity index (χ1) is 6.42. The van der Waals surface area contributed by atoms with Crippen LogP contribution in [0.2, 0.25) is 0 Å². The molecule has 2 rings (SSSR count). The lowest BCUT2D eigenvalue weighted by Crippen LogP contribution is -2.10. The lowest BCUT2D eigenvalue weighted by atomic mass is 10.5. The third kappa shape index (κ3) is 1.64. The van der Waals surface area contributed by atoms with Gasteiger partial charge in [-0.3, -0.25) is 4.57 Å². The summed E-state index contributed by atoms with van der Waals surface area (Å²) in [6, 6.07) is 4.13. The van der Waals surface area contributed by atoms with E-state index < -0.39 is 0 Å². The fourth-order valence-corrected chi connectivity index (χ4v) is 1.96. The van der Waals surface area contributed by atoms with Gasteiger partial charge >= 0.3 is 0 Å². The van der Waals surface area contributed by atoms with E-state index in [1.165, 1.54) is 5.00 Å². The van der Waals surface area contributed by atoms with Gasteiger partial charge in [0.25, 0.3) is 0 Å². The molecule has 13 heavy (non-hydrogen) atoms. The molecule has 0 saturated heterocycles. The van der Waals surface area contributed by atoms with Gasteiger partial charge in [0, 0.05) is 12.4 Å². The number of rotatable bonds is 3. The van der Waals surface area contributed by atoms with E-state index in [2.05, 4.69) is 26.3 Å². The van der Waals surface area contributed by atoms with Crippen molar-refractivity contribution < 1.29 is 0 Å². The third-order valence-electron chi connectivity index (χ3n) is 1.80. The monoisotopic (exact) mass is 193 g/mol. The first-order valence-corrected chi connectivity index (χ1v) is 5.00. The Morgan fingerprint density at radius 3 is 3.23 bits per heavy atom. The van der Waals surface area contributed by atoms with Crippen LogP contribution in [0.25, 0.3) is 5.00 Å². The van der Waals surface area contributed by atoms with E-state index in [1.54, 1.807) is 11.3 Å². The molecule has 0 bridgehead atoms. The van der Waals surface area contributed by atoms with Crippen LogP contribution in [0.1, 0.15) is 5.82 Å². The number of nitrogens with zero attached hydrogens (tertiary/aromatic N) is 2. The quantitative estimate of drug-likeness (QED) is 0.803. The van der Waals surface area contributed by atoms with Crippen LogP contribution in [0.5, 0.6) is 0 Å². The van der Waals surface area contributed by atoms with Crippen LogP contribution in [0.15, 0.2) is 29.9 Å². The Kier molecular flexibility index (Phi) is 2.42. The van der Waals surface area contributed by atoms with Gasteiger partial charge in [-0.25, -0.2) is 4.98 Å². The Morgan fingerprint density at radius 1 is 1.62 bits per heavy atom. The molecule has 0 unspecified atom stereocenters. The lowest BCUT2D eigenvalue weighted by molar-refractivity contribution is 0.745. The number of hydrogen-bond acceptors (Lipinski definition) is 3. The highest BCUT2D eigenvalue weighted by atomic mass is 32.1. The zero-order chi connectivity index (χ0) is 9.10. The fourth-order valence-electron chi connectivity index (χ4n) is 1.23. The van der Waals surface area contributed by atoms with Crippen molar-refractivity contribution in [3.8, 4) is 5.00 Å². The van der Waals surface area contributed by atoms with Crippen molar-refractivity contribution in [1.82, 2.24) is 14.9 Å². The maximum atomic E-state index is 4.27. The molecule has 0 saturated carbocycles. The van der Waals surface area contributed by atoms with Crippen molar-refractivity contribution in [2.75, 3.05) is 7.05 Å². The average molecular weight is 193 g/mol. The van der Waals surface area contributed by atoms with Gasteiger partial charge in [0.15, 0.2) is 0 Å². The molecule has 0 amide bonds. The number of aromatic nitrogens is 2. The first-order valence-electron chi connectivity index (χ1n) is 4.12. The van der Waals surface area contributed by atoms with Gasteiger partial charge < -0.3 is 5.32 Å². The summed E-state index contributed by atoms with van der Waals surface area (Å²) in [6.45, 7) is 0.797. The van der Waals surface area contributed by atoms with E-state index in [1.807, 2.05) is 25.5 Å². The number of thiophene rings is 1. The fraction of sp³-hybridized carbons (Fsp3) is 0.222. The SMILES string of the molecule is CNCc1nccn1-c1cccs1. The average Bonchev–Trinajstić information content (AvgIpc) is 2.71. The molecule has 0 aliphatic rings. The molecule has 0 spiro atoms. The summed E-state index contributed by atoms with van der Waals surface area (Å²) in [6.07, 6.45) is 3.81. The zero-order valence-corrected chi connectivity index (χ0v) is 8.21. The predicted molar refractivity (Wildman–Crippen MR) is 54.2 cm³/mol. The second-order valence-corrected chi connectivity index (χ2v) is 3.62.